The number of H-pyrrole nitrogens is 1. The van der Waals surface area contributed by atoms with Gasteiger partial charge in [0.1, 0.15) is 5.56 Å². The fraction of sp³-hybridized carbons (Fsp3) is 0.300. The molecule has 1 amide bonds. The minimum Gasteiger partial charge on any atom is -0.368 e. The number of nitrogens with zero attached hydrogens (tertiary/aromatic N) is 4. The van der Waals surface area contributed by atoms with Gasteiger partial charge in [-0.3, -0.25) is 9.59 Å². The number of rotatable bonds is 3. The Hall–Kier alpha value is -3.42. The molecule has 28 heavy (non-hydrogen) atoms. The molecule has 1 aliphatic rings. The second-order valence-corrected chi connectivity index (χ2v) is 6.91. The standard InChI is InChI=1S/C20H21N5O3/c1-13-5-6-14(2)16(12-13)24-8-10-25(11-9-24)20(27)17-22-19(28-23-17)15-4-3-7-21-18(15)26/h3-7,12H,8-11H2,1-2H3,(H,21,26). The molecule has 1 N–H and O–H groups in total. The quantitative estimate of drug-likeness (QED) is 0.748. The number of piperazine rings is 1. The second-order valence-electron chi connectivity index (χ2n) is 6.91. The molecule has 0 aliphatic carbocycles. The van der Waals surface area contributed by atoms with Crippen molar-refractivity contribution >= 4 is 11.6 Å². The first-order valence-corrected chi connectivity index (χ1v) is 9.16. The molecule has 1 aromatic carbocycles. The van der Waals surface area contributed by atoms with Crippen molar-refractivity contribution in [2.45, 2.75) is 13.8 Å². The molecule has 3 heterocycles. The van der Waals surface area contributed by atoms with E-state index in [1.54, 1.807) is 17.0 Å². The molecule has 0 unspecified atom stereocenters. The van der Waals surface area contributed by atoms with E-state index in [0.717, 1.165) is 13.1 Å². The van der Waals surface area contributed by atoms with Crippen molar-refractivity contribution in [3.8, 4) is 11.5 Å². The van der Waals surface area contributed by atoms with E-state index in [1.165, 1.54) is 23.0 Å². The average molecular weight is 379 g/mol. The topological polar surface area (TPSA) is 95.3 Å². The van der Waals surface area contributed by atoms with E-state index < -0.39 is 0 Å². The summed E-state index contributed by atoms with van der Waals surface area (Å²) in [4.78, 5) is 35.2. The van der Waals surface area contributed by atoms with Gasteiger partial charge >= 0.3 is 0 Å². The van der Waals surface area contributed by atoms with Gasteiger partial charge in [0, 0.05) is 38.1 Å². The van der Waals surface area contributed by atoms with Crippen LogP contribution >= 0.6 is 0 Å². The zero-order valence-corrected chi connectivity index (χ0v) is 15.8. The highest BCUT2D eigenvalue weighted by Gasteiger charge is 2.27. The number of anilines is 1. The van der Waals surface area contributed by atoms with Gasteiger partial charge < -0.3 is 19.3 Å². The van der Waals surface area contributed by atoms with Crippen LogP contribution in [-0.2, 0) is 0 Å². The van der Waals surface area contributed by atoms with Crippen molar-refractivity contribution < 1.29 is 9.32 Å². The molecule has 8 nitrogen and oxygen atoms in total. The van der Waals surface area contributed by atoms with Crippen molar-refractivity contribution in [1.82, 2.24) is 20.0 Å². The number of hydrogen-bond acceptors (Lipinski definition) is 6. The lowest BCUT2D eigenvalue weighted by molar-refractivity contribution is 0.0731. The smallest absolute Gasteiger partial charge is 0.295 e. The van der Waals surface area contributed by atoms with Crippen molar-refractivity contribution in [3.05, 3.63) is 63.8 Å². The summed E-state index contributed by atoms with van der Waals surface area (Å²) in [6.07, 6.45) is 1.52. The van der Waals surface area contributed by atoms with E-state index in [4.69, 9.17) is 4.52 Å². The second kappa shape index (κ2) is 7.30. The van der Waals surface area contributed by atoms with Gasteiger partial charge in [-0.25, -0.2) is 0 Å². The Bertz CT molecular complexity index is 1060. The molecule has 144 valence electrons. The minimum atomic E-state index is -0.340. The van der Waals surface area contributed by atoms with Crippen LogP contribution in [0.4, 0.5) is 5.69 Å². The maximum absolute atomic E-state index is 12.7. The van der Waals surface area contributed by atoms with E-state index >= 15 is 0 Å². The number of amides is 1. The predicted octanol–water partition coefficient (Wildman–Crippen LogP) is 2.00. The lowest BCUT2D eigenvalue weighted by Crippen LogP contribution is -2.49. The molecule has 0 saturated carbocycles. The molecule has 4 rings (SSSR count). The number of hydrogen-bond donors (Lipinski definition) is 1. The van der Waals surface area contributed by atoms with Crippen LogP contribution in [0.15, 0.2) is 45.8 Å². The number of carbonyl (C=O) groups is 1. The summed E-state index contributed by atoms with van der Waals surface area (Å²) in [6.45, 7) is 6.79. The van der Waals surface area contributed by atoms with Crippen molar-refractivity contribution in [2.24, 2.45) is 0 Å². The molecule has 1 aliphatic heterocycles. The first-order valence-electron chi connectivity index (χ1n) is 9.16. The first kappa shape index (κ1) is 18.0. The molecule has 0 atom stereocenters. The average Bonchev–Trinajstić information content (AvgIpc) is 3.20. The molecular formula is C20H21N5O3. The number of aryl methyl sites for hydroxylation is 2. The van der Waals surface area contributed by atoms with E-state index in [1.807, 2.05) is 0 Å². The molecule has 0 spiro atoms. The highest BCUT2D eigenvalue weighted by Crippen LogP contribution is 2.23. The summed E-state index contributed by atoms with van der Waals surface area (Å²) in [5.41, 5.74) is 3.55. The highest BCUT2D eigenvalue weighted by molar-refractivity contribution is 5.91. The van der Waals surface area contributed by atoms with Crippen molar-refractivity contribution in [3.63, 3.8) is 0 Å². The van der Waals surface area contributed by atoms with Crippen LogP contribution in [0, 0.1) is 13.8 Å². The molecular weight excluding hydrogens is 358 g/mol. The van der Waals surface area contributed by atoms with Gasteiger partial charge in [0.25, 0.3) is 23.2 Å². The zero-order valence-electron chi connectivity index (χ0n) is 15.8. The van der Waals surface area contributed by atoms with Crippen LogP contribution in [0.2, 0.25) is 0 Å². The summed E-state index contributed by atoms with van der Waals surface area (Å²) in [6, 6.07) is 9.63. The third-order valence-corrected chi connectivity index (χ3v) is 4.94. The number of aromatic amines is 1. The molecule has 0 bridgehead atoms. The SMILES string of the molecule is Cc1ccc(C)c(N2CCN(C(=O)c3noc(-c4ccc[nH]c4=O)n3)CC2)c1. The van der Waals surface area contributed by atoms with Crippen LogP contribution in [0.5, 0.6) is 0 Å². The minimum absolute atomic E-state index is 0.0292. The van der Waals surface area contributed by atoms with Crippen molar-refractivity contribution in [1.29, 1.82) is 0 Å². The Labute approximate surface area is 161 Å². The third kappa shape index (κ3) is 3.40. The highest BCUT2D eigenvalue weighted by atomic mass is 16.5. The number of pyridine rings is 1. The van der Waals surface area contributed by atoms with Crippen molar-refractivity contribution in [2.75, 3.05) is 31.1 Å². The summed E-state index contributed by atoms with van der Waals surface area (Å²) in [5, 5.41) is 3.77. The Morgan fingerprint density at radius 1 is 1.14 bits per heavy atom. The third-order valence-electron chi connectivity index (χ3n) is 4.94. The fourth-order valence-electron chi connectivity index (χ4n) is 3.36. The first-order chi connectivity index (χ1) is 13.5. The Kier molecular flexibility index (Phi) is 4.68. The molecule has 0 radical (unpaired) electrons. The van der Waals surface area contributed by atoms with Gasteiger partial charge in [0.05, 0.1) is 0 Å². The summed E-state index contributed by atoms with van der Waals surface area (Å²) in [5.74, 6) is -0.277. The number of aromatic nitrogens is 3. The van der Waals surface area contributed by atoms with Crippen LogP contribution < -0.4 is 10.5 Å². The normalized spacial score (nSPS) is 14.4. The maximum Gasteiger partial charge on any atom is 0.295 e. The van der Waals surface area contributed by atoms with E-state index in [-0.39, 0.29) is 28.7 Å². The Morgan fingerprint density at radius 2 is 1.93 bits per heavy atom. The van der Waals surface area contributed by atoms with Crippen LogP contribution in [0.3, 0.4) is 0 Å². The maximum atomic E-state index is 12.7. The summed E-state index contributed by atoms with van der Waals surface area (Å²) in [7, 11) is 0. The van der Waals surface area contributed by atoms with Gasteiger partial charge in [0.15, 0.2) is 0 Å². The van der Waals surface area contributed by atoms with Crippen LogP contribution in [0.1, 0.15) is 21.7 Å². The van der Waals surface area contributed by atoms with Gasteiger partial charge in [0.2, 0.25) is 0 Å². The molecule has 1 saturated heterocycles. The van der Waals surface area contributed by atoms with E-state index in [0.29, 0.717) is 13.1 Å². The summed E-state index contributed by atoms with van der Waals surface area (Å²) < 4.78 is 5.12. The lowest BCUT2D eigenvalue weighted by Gasteiger charge is -2.36. The van der Waals surface area contributed by atoms with Gasteiger partial charge in [-0.05, 0) is 43.2 Å². The van der Waals surface area contributed by atoms with E-state index in [9.17, 15) is 9.59 Å². The number of nitrogens with one attached hydrogen (secondary N) is 1. The Balaban J connectivity index is 1.45. The zero-order chi connectivity index (χ0) is 19.7. The van der Waals surface area contributed by atoms with Crippen LogP contribution in [-0.4, -0.2) is 52.1 Å². The fourth-order valence-corrected chi connectivity index (χ4v) is 3.36. The number of benzene rings is 1. The largest absolute Gasteiger partial charge is 0.368 e. The van der Waals surface area contributed by atoms with Crippen LogP contribution in [0.25, 0.3) is 11.5 Å². The Morgan fingerprint density at radius 3 is 2.68 bits per heavy atom. The van der Waals surface area contributed by atoms with Gasteiger partial charge in [-0.1, -0.05) is 17.3 Å². The molecule has 1 fully saturated rings. The molecule has 3 aromatic rings. The number of carbonyl (C=O) groups excluding carboxylic acids is 1. The van der Waals surface area contributed by atoms with Gasteiger partial charge in [-0.2, -0.15) is 4.98 Å². The molecule has 8 heteroatoms. The predicted molar refractivity (Wildman–Crippen MR) is 104 cm³/mol. The van der Waals surface area contributed by atoms with E-state index in [2.05, 4.69) is 52.1 Å². The monoisotopic (exact) mass is 379 g/mol. The lowest BCUT2D eigenvalue weighted by atomic mass is 10.1. The summed E-state index contributed by atoms with van der Waals surface area (Å²) >= 11 is 0. The molecule has 2 aromatic heterocycles. The van der Waals surface area contributed by atoms with Gasteiger partial charge in [-0.15, -0.1) is 0 Å².